The first-order chi connectivity index (χ1) is 12.1. The van der Waals surface area contributed by atoms with Gasteiger partial charge in [-0.3, -0.25) is 4.79 Å². The maximum Gasteiger partial charge on any atom is 0.274 e. The summed E-state index contributed by atoms with van der Waals surface area (Å²) in [6, 6.07) is 16.0. The number of hydrogen-bond donors (Lipinski definition) is 1. The lowest BCUT2D eigenvalue weighted by molar-refractivity contribution is 0.0934. The molecule has 0 aliphatic carbocycles. The Morgan fingerprint density at radius 3 is 2.76 bits per heavy atom. The number of rotatable bonds is 6. The number of carbonyl (C=O) groups excluding carboxylic acids is 1. The minimum absolute atomic E-state index is 0.0234. The number of halogens is 1. The number of nitrogens with zero attached hydrogens (tertiary/aromatic N) is 1. The van der Waals surface area contributed by atoms with Gasteiger partial charge < -0.3 is 9.73 Å². The van der Waals surface area contributed by atoms with Crippen LogP contribution in [-0.2, 0) is 6.42 Å². The number of hydrogen-bond acceptors (Lipinski definition) is 3. The normalized spacial score (nSPS) is 11.9. The molecule has 0 aliphatic heterocycles. The van der Waals surface area contributed by atoms with E-state index in [1.54, 1.807) is 12.1 Å². The van der Waals surface area contributed by atoms with E-state index in [-0.39, 0.29) is 23.4 Å². The average Bonchev–Trinajstić information content (AvgIpc) is 3.11. The lowest BCUT2D eigenvalue weighted by Gasteiger charge is -2.13. The molecular formula is C20H19FN2O2. The second kappa shape index (κ2) is 7.75. The molecule has 128 valence electrons. The third-order valence-corrected chi connectivity index (χ3v) is 3.96. The molecule has 25 heavy (non-hydrogen) atoms. The van der Waals surface area contributed by atoms with Crippen molar-refractivity contribution < 1.29 is 13.6 Å². The van der Waals surface area contributed by atoms with Crippen molar-refractivity contribution in [3.05, 3.63) is 78.1 Å². The van der Waals surface area contributed by atoms with Gasteiger partial charge in [0.05, 0.1) is 0 Å². The van der Waals surface area contributed by atoms with Gasteiger partial charge in [0.25, 0.3) is 5.91 Å². The summed E-state index contributed by atoms with van der Waals surface area (Å²) in [5.41, 5.74) is 1.88. The lowest BCUT2D eigenvalue weighted by Crippen LogP contribution is -2.33. The van der Waals surface area contributed by atoms with Crippen LogP contribution in [0.2, 0.25) is 0 Å². The van der Waals surface area contributed by atoms with Crippen LogP contribution in [0.4, 0.5) is 4.39 Å². The zero-order valence-electron chi connectivity index (χ0n) is 13.9. The summed E-state index contributed by atoms with van der Waals surface area (Å²) in [5, 5.41) is 2.92. The third kappa shape index (κ3) is 4.32. The van der Waals surface area contributed by atoms with Crippen LogP contribution in [0, 0.1) is 5.82 Å². The number of aromatic nitrogens is 1. The summed E-state index contributed by atoms with van der Waals surface area (Å²) in [6.45, 7) is 1.95. The Bertz CT molecular complexity index is 846. The highest BCUT2D eigenvalue weighted by Gasteiger charge is 2.20. The quantitative estimate of drug-likeness (QED) is 0.732. The zero-order chi connectivity index (χ0) is 17.6. The van der Waals surface area contributed by atoms with E-state index < -0.39 is 5.82 Å². The van der Waals surface area contributed by atoms with Crippen LogP contribution in [0.3, 0.4) is 0 Å². The molecule has 4 nitrogen and oxygen atoms in total. The molecule has 1 heterocycles. The van der Waals surface area contributed by atoms with Gasteiger partial charge in [-0.1, -0.05) is 42.5 Å². The van der Waals surface area contributed by atoms with E-state index in [0.717, 1.165) is 12.8 Å². The van der Waals surface area contributed by atoms with Crippen molar-refractivity contribution in [2.75, 3.05) is 0 Å². The molecule has 0 bridgehead atoms. The van der Waals surface area contributed by atoms with E-state index in [4.69, 9.17) is 4.42 Å². The molecule has 2 aromatic carbocycles. The number of oxazole rings is 1. The molecule has 1 atom stereocenters. The number of carbonyl (C=O) groups is 1. The first-order valence-corrected chi connectivity index (χ1v) is 8.17. The van der Waals surface area contributed by atoms with Gasteiger partial charge >= 0.3 is 0 Å². The van der Waals surface area contributed by atoms with Crippen LogP contribution >= 0.6 is 0 Å². The van der Waals surface area contributed by atoms with E-state index in [0.29, 0.717) is 5.56 Å². The fourth-order valence-corrected chi connectivity index (χ4v) is 2.63. The molecule has 3 aromatic rings. The monoisotopic (exact) mass is 338 g/mol. The summed E-state index contributed by atoms with van der Waals surface area (Å²) < 4.78 is 18.7. The molecule has 0 radical (unpaired) electrons. The minimum Gasteiger partial charge on any atom is -0.443 e. The molecule has 0 fully saturated rings. The highest BCUT2D eigenvalue weighted by Crippen LogP contribution is 2.23. The van der Waals surface area contributed by atoms with Crippen LogP contribution in [0.15, 0.2) is 65.4 Å². The van der Waals surface area contributed by atoms with E-state index >= 15 is 0 Å². The van der Waals surface area contributed by atoms with Crippen LogP contribution in [-0.4, -0.2) is 16.9 Å². The van der Waals surface area contributed by atoms with E-state index in [1.165, 1.54) is 24.1 Å². The zero-order valence-corrected chi connectivity index (χ0v) is 13.9. The maximum atomic E-state index is 13.4. The smallest absolute Gasteiger partial charge is 0.274 e. The Morgan fingerprint density at radius 2 is 2.00 bits per heavy atom. The third-order valence-electron chi connectivity index (χ3n) is 3.96. The van der Waals surface area contributed by atoms with Gasteiger partial charge in [0.15, 0.2) is 17.8 Å². The van der Waals surface area contributed by atoms with Crippen molar-refractivity contribution in [3.8, 4) is 11.3 Å². The van der Waals surface area contributed by atoms with Crippen molar-refractivity contribution in [3.63, 3.8) is 0 Å². The first kappa shape index (κ1) is 16.9. The average molecular weight is 338 g/mol. The van der Waals surface area contributed by atoms with Crippen molar-refractivity contribution in [2.45, 2.75) is 25.8 Å². The SMILES string of the molecule is C[C@H](CCc1ccccc1)NC(=O)c1ncoc1-c1cccc(F)c1. The predicted octanol–water partition coefficient (Wildman–Crippen LogP) is 4.23. The fraction of sp³-hybridized carbons (Fsp3) is 0.200. The van der Waals surface area contributed by atoms with Gasteiger partial charge in [-0.25, -0.2) is 9.37 Å². The van der Waals surface area contributed by atoms with E-state index in [9.17, 15) is 9.18 Å². The van der Waals surface area contributed by atoms with E-state index in [1.807, 2.05) is 25.1 Å². The highest BCUT2D eigenvalue weighted by atomic mass is 19.1. The first-order valence-electron chi connectivity index (χ1n) is 8.17. The number of aryl methyl sites for hydroxylation is 1. The minimum atomic E-state index is -0.392. The van der Waals surface area contributed by atoms with Crippen LogP contribution in [0.5, 0.6) is 0 Å². The summed E-state index contributed by atoms with van der Waals surface area (Å²) >= 11 is 0. The van der Waals surface area contributed by atoms with Gasteiger partial charge in [0, 0.05) is 11.6 Å². The van der Waals surface area contributed by atoms with E-state index in [2.05, 4.69) is 22.4 Å². The Hall–Kier alpha value is -2.95. The fourth-order valence-electron chi connectivity index (χ4n) is 2.63. The molecule has 3 rings (SSSR count). The van der Waals surface area contributed by atoms with Gasteiger partial charge in [-0.2, -0.15) is 0 Å². The number of amides is 1. The summed E-state index contributed by atoms with van der Waals surface area (Å²) in [5.74, 6) is -0.447. The highest BCUT2D eigenvalue weighted by molar-refractivity contribution is 5.97. The molecular weight excluding hydrogens is 319 g/mol. The molecule has 0 saturated heterocycles. The standard InChI is InChI=1S/C20H19FN2O2/c1-14(10-11-15-6-3-2-4-7-15)23-20(24)18-19(25-13-22-18)16-8-5-9-17(21)12-16/h2-9,12-14H,10-11H2,1H3,(H,23,24)/t14-/m1/s1. The largest absolute Gasteiger partial charge is 0.443 e. The Balaban J connectivity index is 1.65. The Labute approximate surface area is 145 Å². The van der Waals surface area contributed by atoms with Crippen molar-refractivity contribution in [1.82, 2.24) is 10.3 Å². The molecule has 5 heteroatoms. The Kier molecular flexibility index (Phi) is 5.23. The van der Waals surface area contributed by atoms with Gasteiger partial charge in [-0.15, -0.1) is 0 Å². The molecule has 0 aliphatic rings. The Morgan fingerprint density at radius 1 is 1.20 bits per heavy atom. The number of nitrogens with one attached hydrogen (secondary N) is 1. The van der Waals surface area contributed by atoms with Crippen LogP contribution in [0.25, 0.3) is 11.3 Å². The van der Waals surface area contributed by atoms with Crippen molar-refractivity contribution in [2.24, 2.45) is 0 Å². The van der Waals surface area contributed by atoms with Crippen molar-refractivity contribution in [1.29, 1.82) is 0 Å². The van der Waals surface area contributed by atoms with Gasteiger partial charge in [0.2, 0.25) is 0 Å². The van der Waals surface area contributed by atoms with Crippen LogP contribution in [0.1, 0.15) is 29.4 Å². The lowest BCUT2D eigenvalue weighted by atomic mass is 10.1. The summed E-state index contributed by atoms with van der Waals surface area (Å²) in [7, 11) is 0. The van der Waals surface area contributed by atoms with Gasteiger partial charge in [-0.05, 0) is 37.5 Å². The maximum absolute atomic E-state index is 13.4. The molecule has 1 N–H and O–H groups in total. The van der Waals surface area contributed by atoms with Crippen LogP contribution < -0.4 is 5.32 Å². The topological polar surface area (TPSA) is 55.1 Å². The second-order valence-corrected chi connectivity index (χ2v) is 5.94. The molecule has 1 aromatic heterocycles. The second-order valence-electron chi connectivity index (χ2n) is 5.94. The van der Waals surface area contributed by atoms with Gasteiger partial charge in [0.1, 0.15) is 5.82 Å². The summed E-state index contributed by atoms with van der Waals surface area (Å²) in [4.78, 5) is 16.5. The number of benzene rings is 2. The predicted molar refractivity (Wildman–Crippen MR) is 93.6 cm³/mol. The molecule has 1 amide bonds. The summed E-state index contributed by atoms with van der Waals surface area (Å²) in [6.07, 6.45) is 2.88. The molecule has 0 unspecified atom stereocenters. The van der Waals surface area contributed by atoms with Crippen molar-refractivity contribution >= 4 is 5.91 Å². The molecule has 0 saturated carbocycles. The molecule has 0 spiro atoms.